The molecule has 3 aromatic rings. The van der Waals surface area contributed by atoms with E-state index >= 15 is 0 Å². The van der Waals surface area contributed by atoms with Crippen molar-refractivity contribution >= 4 is 33.6 Å². The molecule has 0 aliphatic rings. The highest BCUT2D eigenvalue weighted by molar-refractivity contribution is 14.1. The number of methoxy groups -OCH3 is 1. The Labute approximate surface area is 125 Å². The van der Waals surface area contributed by atoms with E-state index in [0.717, 1.165) is 28.2 Å². The predicted octanol–water partition coefficient (Wildman–Crippen LogP) is 4.15. The summed E-state index contributed by atoms with van der Waals surface area (Å²) >= 11 is 2.36. The lowest BCUT2D eigenvalue weighted by Crippen LogP contribution is -1.88. The fourth-order valence-electron chi connectivity index (χ4n) is 2.07. The minimum atomic E-state index is 0.835. The summed E-state index contributed by atoms with van der Waals surface area (Å²) in [7, 11) is 1.67. The van der Waals surface area contributed by atoms with Crippen molar-refractivity contribution in [2.45, 2.75) is 6.92 Å². The third-order valence-corrected chi connectivity index (χ3v) is 4.57. The molecule has 0 bridgehead atoms. The zero-order chi connectivity index (χ0) is 13.4. The SMILES string of the molecule is COc1ccc2nc(-c3cccc(C)c3I)[nH]c2c1. The number of hydrogen-bond acceptors (Lipinski definition) is 2. The van der Waals surface area contributed by atoms with Crippen molar-refractivity contribution in [2.24, 2.45) is 0 Å². The third-order valence-electron chi connectivity index (χ3n) is 3.14. The van der Waals surface area contributed by atoms with E-state index in [4.69, 9.17) is 4.74 Å². The molecule has 0 atom stereocenters. The van der Waals surface area contributed by atoms with Crippen LogP contribution in [0, 0.1) is 10.5 Å². The molecule has 3 nitrogen and oxygen atoms in total. The number of aromatic amines is 1. The van der Waals surface area contributed by atoms with Gasteiger partial charge in [0.15, 0.2) is 0 Å². The first-order valence-electron chi connectivity index (χ1n) is 5.98. The molecular formula is C15H13IN2O. The van der Waals surface area contributed by atoms with Gasteiger partial charge in [0, 0.05) is 15.2 Å². The van der Waals surface area contributed by atoms with Crippen molar-refractivity contribution in [3.8, 4) is 17.1 Å². The molecule has 1 N–H and O–H groups in total. The van der Waals surface area contributed by atoms with Crippen molar-refractivity contribution in [1.82, 2.24) is 9.97 Å². The van der Waals surface area contributed by atoms with Crippen LogP contribution in [0.5, 0.6) is 5.75 Å². The zero-order valence-electron chi connectivity index (χ0n) is 10.7. The lowest BCUT2D eigenvalue weighted by atomic mass is 10.1. The summed E-state index contributed by atoms with van der Waals surface area (Å²) in [4.78, 5) is 8.00. The van der Waals surface area contributed by atoms with Crippen LogP contribution < -0.4 is 4.74 Å². The summed E-state index contributed by atoms with van der Waals surface area (Å²) in [6.07, 6.45) is 0. The Morgan fingerprint density at radius 1 is 1.21 bits per heavy atom. The van der Waals surface area contributed by atoms with Gasteiger partial charge in [0.1, 0.15) is 11.6 Å². The molecule has 0 unspecified atom stereocenters. The summed E-state index contributed by atoms with van der Waals surface area (Å²) in [5, 5.41) is 0. The van der Waals surface area contributed by atoms with E-state index < -0.39 is 0 Å². The van der Waals surface area contributed by atoms with Gasteiger partial charge in [0.2, 0.25) is 0 Å². The second-order valence-corrected chi connectivity index (χ2v) is 5.48. The molecular weight excluding hydrogens is 351 g/mol. The van der Waals surface area contributed by atoms with E-state index in [1.165, 1.54) is 9.13 Å². The average molecular weight is 364 g/mol. The molecule has 1 heterocycles. The Morgan fingerprint density at radius 3 is 2.84 bits per heavy atom. The van der Waals surface area contributed by atoms with E-state index in [1.54, 1.807) is 7.11 Å². The number of nitrogens with zero attached hydrogens (tertiary/aromatic N) is 1. The van der Waals surface area contributed by atoms with Crippen LogP contribution in [0.3, 0.4) is 0 Å². The van der Waals surface area contributed by atoms with Crippen LogP contribution in [0.2, 0.25) is 0 Å². The highest BCUT2D eigenvalue weighted by atomic mass is 127. The molecule has 19 heavy (non-hydrogen) atoms. The summed E-state index contributed by atoms with van der Waals surface area (Å²) in [6.45, 7) is 2.11. The summed E-state index contributed by atoms with van der Waals surface area (Å²) in [5.74, 6) is 1.73. The van der Waals surface area contributed by atoms with Gasteiger partial charge in [-0.2, -0.15) is 0 Å². The molecule has 1 aromatic heterocycles. The molecule has 4 heteroatoms. The van der Waals surface area contributed by atoms with Gasteiger partial charge in [-0.3, -0.25) is 0 Å². The quantitative estimate of drug-likeness (QED) is 0.694. The molecule has 0 radical (unpaired) electrons. The fraction of sp³-hybridized carbons (Fsp3) is 0.133. The Balaban J connectivity index is 2.18. The van der Waals surface area contributed by atoms with E-state index in [2.05, 4.69) is 57.7 Å². The van der Waals surface area contributed by atoms with Crippen molar-refractivity contribution < 1.29 is 4.74 Å². The lowest BCUT2D eigenvalue weighted by Gasteiger charge is -2.03. The van der Waals surface area contributed by atoms with Gasteiger partial charge in [-0.25, -0.2) is 4.98 Å². The number of nitrogens with one attached hydrogen (secondary N) is 1. The van der Waals surface area contributed by atoms with Gasteiger partial charge < -0.3 is 9.72 Å². The van der Waals surface area contributed by atoms with E-state index in [-0.39, 0.29) is 0 Å². The number of benzene rings is 2. The van der Waals surface area contributed by atoms with Gasteiger partial charge in [0.25, 0.3) is 0 Å². The first-order valence-corrected chi connectivity index (χ1v) is 7.06. The van der Waals surface area contributed by atoms with Gasteiger partial charge in [-0.15, -0.1) is 0 Å². The van der Waals surface area contributed by atoms with Gasteiger partial charge in [-0.1, -0.05) is 18.2 Å². The molecule has 0 aliphatic carbocycles. The number of aromatic nitrogens is 2. The van der Waals surface area contributed by atoms with Crippen LogP contribution >= 0.6 is 22.6 Å². The Kier molecular flexibility index (Phi) is 3.18. The average Bonchev–Trinajstić information content (AvgIpc) is 2.84. The summed E-state index contributed by atoms with van der Waals surface area (Å²) in [5.41, 5.74) is 4.34. The first kappa shape index (κ1) is 12.5. The molecule has 3 rings (SSSR count). The third kappa shape index (κ3) is 2.20. The number of rotatable bonds is 2. The van der Waals surface area contributed by atoms with Gasteiger partial charge >= 0.3 is 0 Å². The fourth-order valence-corrected chi connectivity index (χ4v) is 2.69. The van der Waals surface area contributed by atoms with Crippen LogP contribution in [0.1, 0.15) is 5.56 Å². The Hall–Kier alpha value is -1.56. The Morgan fingerprint density at radius 2 is 2.05 bits per heavy atom. The zero-order valence-corrected chi connectivity index (χ0v) is 12.9. The molecule has 0 saturated carbocycles. The maximum Gasteiger partial charge on any atom is 0.139 e. The summed E-state index contributed by atoms with van der Waals surface area (Å²) in [6, 6.07) is 12.1. The highest BCUT2D eigenvalue weighted by Crippen LogP contribution is 2.28. The minimum Gasteiger partial charge on any atom is -0.497 e. The van der Waals surface area contributed by atoms with E-state index in [1.807, 2.05) is 18.2 Å². The normalized spacial score (nSPS) is 10.9. The first-order chi connectivity index (χ1) is 9.19. The molecule has 2 aromatic carbocycles. The second-order valence-electron chi connectivity index (χ2n) is 4.40. The maximum atomic E-state index is 5.23. The van der Waals surface area contributed by atoms with Crippen molar-refractivity contribution in [1.29, 1.82) is 0 Å². The molecule has 0 spiro atoms. The number of halogens is 1. The molecule has 0 amide bonds. The number of hydrogen-bond donors (Lipinski definition) is 1. The number of aryl methyl sites for hydroxylation is 1. The monoisotopic (exact) mass is 364 g/mol. The number of ether oxygens (including phenoxy) is 1. The van der Waals surface area contributed by atoms with Crippen LogP contribution in [0.4, 0.5) is 0 Å². The number of fused-ring (bicyclic) bond motifs is 1. The Bertz CT molecular complexity index is 749. The smallest absolute Gasteiger partial charge is 0.139 e. The second kappa shape index (κ2) is 4.85. The van der Waals surface area contributed by atoms with Crippen LogP contribution in [-0.2, 0) is 0 Å². The number of imidazole rings is 1. The van der Waals surface area contributed by atoms with E-state index in [0.29, 0.717) is 0 Å². The van der Waals surface area contributed by atoms with Crippen molar-refractivity contribution in [3.63, 3.8) is 0 Å². The highest BCUT2D eigenvalue weighted by Gasteiger charge is 2.10. The molecule has 0 fully saturated rings. The largest absolute Gasteiger partial charge is 0.497 e. The lowest BCUT2D eigenvalue weighted by molar-refractivity contribution is 0.415. The number of H-pyrrole nitrogens is 1. The topological polar surface area (TPSA) is 37.9 Å². The van der Waals surface area contributed by atoms with Crippen molar-refractivity contribution in [3.05, 3.63) is 45.5 Å². The van der Waals surface area contributed by atoms with E-state index in [9.17, 15) is 0 Å². The van der Waals surface area contributed by atoms with Crippen LogP contribution in [0.15, 0.2) is 36.4 Å². The van der Waals surface area contributed by atoms with Crippen molar-refractivity contribution in [2.75, 3.05) is 7.11 Å². The van der Waals surface area contributed by atoms with Crippen LogP contribution in [0.25, 0.3) is 22.4 Å². The maximum absolute atomic E-state index is 5.23. The molecule has 0 aliphatic heterocycles. The van der Waals surface area contributed by atoms with Gasteiger partial charge in [0.05, 0.1) is 18.1 Å². The molecule has 96 valence electrons. The standard InChI is InChI=1S/C15H13IN2O/c1-9-4-3-5-11(14(9)16)15-17-12-7-6-10(19-2)8-13(12)18-15/h3-8H,1-2H3,(H,17,18). The summed E-state index contributed by atoms with van der Waals surface area (Å²) < 4.78 is 6.46. The minimum absolute atomic E-state index is 0.835. The predicted molar refractivity (Wildman–Crippen MR) is 85.5 cm³/mol. The van der Waals surface area contributed by atoms with Gasteiger partial charge in [-0.05, 0) is 47.2 Å². The van der Waals surface area contributed by atoms with Crippen LogP contribution in [-0.4, -0.2) is 17.1 Å². The molecule has 0 saturated heterocycles.